The van der Waals surface area contributed by atoms with Crippen LogP contribution in [0.25, 0.3) is 0 Å². The summed E-state index contributed by atoms with van der Waals surface area (Å²) in [7, 11) is 0. The molecule has 0 N–H and O–H groups in total. The number of carbonyl (C=O) groups excluding carboxylic acids is 1. The summed E-state index contributed by atoms with van der Waals surface area (Å²) < 4.78 is 14.4. The van der Waals surface area contributed by atoms with E-state index in [0.29, 0.717) is 5.56 Å². The molecular formula is C12H7Br2FOS. The van der Waals surface area contributed by atoms with Crippen LogP contribution in [0.5, 0.6) is 0 Å². The fourth-order valence-electron chi connectivity index (χ4n) is 1.41. The normalized spacial score (nSPS) is 10.5. The van der Waals surface area contributed by atoms with Crippen molar-refractivity contribution in [1.82, 2.24) is 0 Å². The highest BCUT2D eigenvalue weighted by Gasteiger charge is 2.14. The third-order valence-corrected chi connectivity index (χ3v) is 4.57. The largest absolute Gasteiger partial charge is 0.294 e. The third kappa shape index (κ3) is 3.24. The molecule has 5 heteroatoms. The van der Waals surface area contributed by atoms with Crippen molar-refractivity contribution in [1.29, 1.82) is 0 Å². The molecule has 0 fully saturated rings. The molecule has 1 aromatic heterocycles. The van der Waals surface area contributed by atoms with E-state index >= 15 is 0 Å². The minimum absolute atomic E-state index is 0.0189. The predicted molar refractivity (Wildman–Crippen MR) is 74.2 cm³/mol. The van der Waals surface area contributed by atoms with Crippen LogP contribution in [0, 0.1) is 5.82 Å². The Hall–Kier alpha value is -0.520. The first-order valence-corrected chi connectivity index (χ1v) is 7.19. The van der Waals surface area contributed by atoms with Crippen molar-refractivity contribution >= 4 is 49.0 Å². The summed E-state index contributed by atoms with van der Waals surface area (Å²) in [6, 6.07) is 7.77. The number of halogens is 3. The second-order valence-corrected chi connectivity index (χ2v) is 7.21. The van der Waals surface area contributed by atoms with Crippen LogP contribution in [-0.2, 0) is 6.42 Å². The van der Waals surface area contributed by atoms with Crippen LogP contribution >= 0.6 is 43.2 Å². The number of hydrogen-bond donors (Lipinski definition) is 0. The standard InChI is InChI=1S/C12H7Br2FOS/c13-11-6-9(12(14)17-11)10(16)5-7-1-3-8(15)4-2-7/h1-4,6H,5H2. The van der Waals surface area contributed by atoms with Gasteiger partial charge in [-0.15, -0.1) is 11.3 Å². The quantitative estimate of drug-likeness (QED) is 0.699. The zero-order chi connectivity index (χ0) is 12.4. The molecule has 2 aromatic rings. The summed E-state index contributed by atoms with van der Waals surface area (Å²) >= 11 is 8.15. The lowest BCUT2D eigenvalue weighted by Gasteiger charge is -2.00. The Morgan fingerprint density at radius 1 is 1.24 bits per heavy atom. The lowest BCUT2D eigenvalue weighted by Crippen LogP contribution is -2.02. The molecule has 0 aliphatic rings. The van der Waals surface area contributed by atoms with Gasteiger partial charge in [0.25, 0.3) is 0 Å². The average molecular weight is 378 g/mol. The smallest absolute Gasteiger partial charge is 0.169 e. The van der Waals surface area contributed by atoms with Gasteiger partial charge in [0.15, 0.2) is 5.78 Å². The first-order valence-electron chi connectivity index (χ1n) is 4.79. The first-order chi connectivity index (χ1) is 8.06. The van der Waals surface area contributed by atoms with E-state index in [1.807, 2.05) is 0 Å². The van der Waals surface area contributed by atoms with E-state index in [-0.39, 0.29) is 18.0 Å². The number of Topliss-reactive ketones (excluding diaryl/α,β-unsaturated/α-hetero) is 1. The number of thiophene rings is 1. The summed E-state index contributed by atoms with van der Waals surface area (Å²) in [5.74, 6) is -0.272. The zero-order valence-corrected chi connectivity index (χ0v) is 12.5. The lowest BCUT2D eigenvalue weighted by molar-refractivity contribution is 0.0992. The Balaban J connectivity index is 2.17. The molecule has 1 heterocycles. The van der Waals surface area contributed by atoms with E-state index in [1.165, 1.54) is 23.5 Å². The fraction of sp³-hybridized carbons (Fsp3) is 0.0833. The van der Waals surface area contributed by atoms with E-state index in [2.05, 4.69) is 31.9 Å². The molecule has 0 unspecified atom stereocenters. The highest BCUT2D eigenvalue weighted by Crippen LogP contribution is 2.32. The molecule has 17 heavy (non-hydrogen) atoms. The molecule has 88 valence electrons. The van der Waals surface area contributed by atoms with Gasteiger partial charge >= 0.3 is 0 Å². The summed E-state index contributed by atoms with van der Waals surface area (Å²) in [4.78, 5) is 12.0. The molecule has 0 spiro atoms. The molecule has 0 saturated carbocycles. The van der Waals surface area contributed by atoms with Gasteiger partial charge in [0, 0.05) is 12.0 Å². The van der Waals surface area contributed by atoms with Crippen LogP contribution < -0.4 is 0 Å². The maximum atomic E-state index is 12.7. The van der Waals surface area contributed by atoms with Crippen molar-refractivity contribution in [2.75, 3.05) is 0 Å². The Morgan fingerprint density at radius 3 is 2.41 bits per heavy atom. The molecule has 0 bridgehead atoms. The van der Waals surface area contributed by atoms with Gasteiger partial charge in [-0.1, -0.05) is 12.1 Å². The monoisotopic (exact) mass is 376 g/mol. The number of hydrogen-bond acceptors (Lipinski definition) is 2. The van der Waals surface area contributed by atoms with Crippen molar-refractivity contribution in [2.24, 2.45) is 0 Å². The molecule has 2 rings (SSSR count). The number of rotatable bonds is 3. The van der Waals surface area contributed by atoms with Gasteiger partial charge < -0.3 is 0 Å². The summed E-state index contributed by atoms with van der Waals surface area (Å²) in [5.41, 5.74) is 1.47. The van der Waals surface area contributed by atoms with Crippen LogP contribution in [0.15, 0.2) is 37.9 Å². The number of carbonyl (C=O) groups is 1. The van der Waals surface area contributed by atoms with Gasteiger partial charge in [0.2, 0.25) is 0 Å². The van der Waals surface area contributed by atoms with Gasteiger partial charge in [0.05, 0.1) is 7.57 Å². The SMILES string of the molecule is O=C(Cc1ccc(F)cc1)c1cc(Br)sc1Br. The molecule has 0 saturated heterocycles. The van der Waals surface area contributed by atoms with Crippen LogP contribution in [-0.4, -0.2) is 5.78 Å². The second kappa shape index (κ2) is 5.42. The summed E-state index contributed by atoms with van der Waals surface area (Å²) in [5, 5.41) is 0. The van der Waals surface area contributed by atoms with E-state index in [1.54, 1.807) is 18.2 Å². The Morgan fingerprint density at radius 2 is 1.88 bits per heavy atom. The van der Waals surface area contributed by atoms with Crippen LogP contribution in [0.3, 0.4) is 0 Å². The zero-order valence-electron chi connectivity index (χ0n) is 8.54. The van der Waals surface area contributed by atoms with E-state index in [0.717, 1.165) is 13.1 Å². The summed E-state index contributed by atoms with van der Waals surface area (Å²) in [6.45, 7) is 0. The molecule has 1 nitrogen and oxygen atoms in total. The first kappa shape index (κ1) is 12.9. The second-order valence-electron chi connectivity index (χ2n) is 3.46. The minimum atomic E-state index is -0.291. The Kier molecular flexibility index (Phi) is 4.12. The van der Waals surface area contributed by atoms with Crippen molar-refractivity contribution in [3.63, 3.8) is 0 Å². The Bertz CT molecular complexity index is 548. The third-order valence-electron chi connectivity index (χ3n) is 2.24. The van der Waals surface area contributed by atoms with Crippen LogP contribution in [0.1, 0.15) is 15.9 Å². The Labute approximate surface area is 119 Å². The number of ketones is 1. The predicted octanol–water partition coefficient (Wildman–Crippen LogP) is 4.84. The number of benzene rings is 1. The van der Waals surface area contributed by atoms with Gasteiger partial charge in [-0.05, 0) is 55.6 Å². The molecule has 0 radical (unpaired) electrons. The van der Waals surface area contributed by atoms with E-state index in [4.69, 9.17) is 0 Å². The van der Waals surface area contributed by atoms with Gasteiger partial charge in [0.1, 0.15) is 5.82 Å². The van der Waals surface area contributed by atoms with Gasteiger partial charge in [-0.3, -0.25) is 4.79 Å². The van der Waals surface area contributed by atoms with E-state index in [9.17, 15) is 9.18 Å². The van der Waals surface area contributed by atoms with Crippen molar-refractivity contribution in [2.45, 2.75) is 6.42 Å². The van der Waals surface area contributed by atoms with Gasteiger partial charge in [-0.2, -0.15) is 0 Å². The molecule has 0 atom stereocenters. The van der Waals surface area contributed by atoms with Gasteiger partial charge in [-0.25, -0.2) is 4.39 Å². The van der Waals surface area contributed by atoms with Crippen LogP contribution in [0.2, 0.25) is 0 Å². The van der Waals surface area contributed by atoms with Crippen molar-refractivity contribution < 1.29 is 9.18 Å². The van der Waals surface area contributed by atoms with Crippen LogP contribution in [0.4, 0.5) is 4.39 Å². The average Bonchev–Trinajstić information content (AvgIpc) is 2.61. The maximum Gasteiger partial charge on any atom is 0.169 e. The maximum absolute atomic E-state index is 12.7. The molecule has 0 aliphatic carbocycles. The highest BCUT2D eigenvalue weighted by molar-refractivity contribution is 9.12. The summed E-state index contributed by atoms with van der Waals surface area (Å²) in [6.07, 6.45) is 0.280. The highest BCUT2D eigenvalue weighted by atomic mass is 79.9. The topological polar surface area (TPSA) is 17.1 Å². The van der Waals surface area contributed by atoms with E-state index < -0.39 is 0 Å². The molecule has 0 aliphatic heterocycles. The lowest BCUT2D eigenvalue weighted by atomic mass is 10.1. The molecule has 0 amide bonds. The van der Waals surface area contributed by atoms with Crippen molar-refractivity contribution in [3.8, 4) is 0 Å². The van der Waals surface area contributed by atoms with Crippen molar-refractivity contribution in [3.05, 3.63) is 54.8 Å². The fourth-order valence-corrected chi connectivity index (χ4v) is 4.27. The molecular weight excluding hydrogens is 371 g/mol. The minimum Gasteiger partial charge on any atom is -0.294 e. The molecule has 1 aromatic carbocycles.